The van der Waals surface area contributed by atoms with Gasteiger partial charge in [0.05, 0.1) is 13.2 Å². The molecule has 2 unspecified atom stereocenters. The Labute approximate surface area is 219 Å². The first-order chi connectivity index (χ1) is 17.5. The number of hydrogen-bond donors (Lipinski definition) is 1. The molecule has 5 aliphatic rings. The maximum atomic E-state index is 11.5. The number of carbonyl (C=O) groups excluding carboxylic acids is 4. The molecule has 0 radical (unpaired) electrons. The molecule has 37 heavy (non-hydrogen) atoms. The van der Waals surface area contributed by atoms with E-state index in [1.54, 1.807) is 7.05 Å². The van der Waals surface area contributed by atoms with Crippen LogP contribution in [0, 0.1) is 59.2 Å². The van der Waals surface area contributed by atoms with Crippen LogP contribution in [0.3, 0.4) is 0 Å². The van der Waals surface area contributed by atoms with E-state index in [4.69, 9.17) is 9.47 Å². The van der Waals surface area contributed by atoms with Crippen molar-refractivity contribution in [2.45, 2.75) is 71.6 Å². The monoisotopic (exact) mass is 514 g/mol. The highest BCUT2D eigenvalue weighted by Gasteiger charge is 2.50. The zero-order valence-electron chi connectivity index (χ0n) is 20.8. The van der Waals surface area contributed by atoms with Crippen LogP contribution in [0.4, 0.5) is 9.59 Å². The molecule has 202 valence electrons. The second kappa shape index (κ2) is 13.4. The smallest absolute Gasteiger partial charge is 0.449 e. The maximum Gasteiger partial charge on any atom is 0.533 e. The quantitative estimate of drug-likeness (QED) is 0.335. The van der Waals surface area contributed by atoms with E-state index in [1.165, 1.54) is 12.8 Å². The predicted octanol–water partition coefficient (Wildman–Crippen LogP) is 4.06. The van der Waals surface area contributed by atoms with Crippen LogP contribution in [0.25, 0.3) is 0 Å². The lowest BCUT2D eigenvalue weighted by molar-refractivity contribution is -0.177. The van der Waals surface area contributed by atoms with Gasteiger partial charge in [-0.05, 0) is 61.2 Å². The number of imide groups is 1. The lowest BCUT2D eigenvalue weighted by Crippen LogP contribution is -2.32. The van der Waals surface area contributed by atoms with Crippen LogP contribution < -0.4 is 5.32 Å². The van der Waals surface area contributed by atoms with Crippen LogP contribution in [0.15, 0.2) is 0 Å². The second-order valence-corrected chi connectivity index (χ2v) is 9.93. The molecule has 9 heteroatoms. The van der Waals surface area contributed by atoms with Crippen molar-refractivity contribution in [2.75, 3.05) is 20.3 Å². The minimum Gasteiger partial charge on any atom is -0.449 e. The number of nitrogens with zero attached hydrogens (tertiary/aromatic N) is 1. The van der Waals surface area contributed by atoms with Gasteiger partial charge >= 0.3 is 12.2 Å². The zero-order valence-corrected chi connectivity index (χ0v) is 20.8. The van der Waals surface area contributed by atoms with E-state index in [0.29, 0.717) is 35.3 Å². The van der Waals surface area contributed by atoms with Crippen molar-refractivity contribution in [1.29, 1.82) is 0 Å². The Hall–Kier alpha value is -3.20. The molecule has 9 nitrogen and oxygen atoms in total. The van der Waals surface area contributed by atoms with Crippen molar-refractivity contribution in [3.63, 3.8) is 0 Å². The van der Waals surface area contributed by atoms with Gasteiger partial charge in [-0.25, -0.2) is 9.59 Å². The van der Waals surface area contributed by atoms with Gasteiger partial charge < -0.3 is 14.8 Å². The van der Waals surface area contributed by atoms with E-state index < -0.39 is 18.0 Å². The van der Waals surface area contributed by atoms with Gasteiger partial charge in [-0.2, -0.15) is 0 Å². The summed E-state index contributed by atoms with van der Waals surface area (Å²) in [7, 11) is 1.59. The van der Waals surface area contributed by atoms with E-state index >= 15 is 0 Å². The number of alkyl carbamates (subject to hydrolysis) is 1. The second-order valence-electron chi connectivity index (χ2n) is 9.93. The van der Waals surface area contributed by atoms with E-state index in [0.717, 1.165) is 50.4 Å². The van der Waals surface area contributed by atoms with E-state index in [9.17, 15) is 19.2 Å². The van der Waals surface area contributed by atoms with Crippen LogP contribution in [-0.4, -0.2) is 49.4 Å². The molecule has 6 atom stereocenters. The van der Waals surface area contributed by atoms with Crippen LogP contribution in [0.5, 0.6) is 0 Å². The molecule has 3 fully saturated rings. The van der Waals surface area contributed by atoms with Crippen LogP contribution in [0.1, 0.15) is 71.6 Å². The molecule has 5 rings (SSSR count). The van der Waals surface area contributed by atoms with Crippen molar-refractivity contribution in [2.24, 2.45) is 35.5 Å². The molecule has 0 aromatic rings. The maximum absolute atomic E-state index is 11.5. The number of hydroxylamine groups is 2. The molecule has 2 saturated carbocycles. The summed E-state index contributed by atoms with van der Waals surface area (Å²) < 4.78 is 10.1. The molecule has 0 spiro atoms. The summed E-state index contributed by atoms with van der Waals surface area (Å²) >= 11 is 0. The fraction of sp³-hybridized carbons (Fsp3) is 0.714. The van der Waals surface area contributed by atoms with Crippen molar-refractivity contribution in [3.8, 4) is 23.7 Å². The standard InChI is InChI=1S/C15H17NO5.C12H17NO2.CH4/c17-13-7-8-14(18)16(13)21-15(19)20-9-12-10-5-3-1-2-4-6-11(10)12;1-13-12(14)15-8-11-9-6-4-2-3-5-7-10(9)11;/h10-12H,3-9H2;9-11H,4-8H2,1H3,(H,13,14);1H4/t10-,11+,12?;9-,10+,11?;. The van der Waals surface area contributed by atoms with Crippen LogP contribution in [-0.2, 0) is 23.9 Å². The van der Waals surface area contributed by atoms with Gasteiger partial charge in [0.2, 0.25) is 0 Å². The fourth-order valence-electron chi connectivity index (χ4n) is 5.73. The Morgan fingerprint density at radius 2 is 1.19 bits per heavy atom. The van der Waals surface area contributed by atoms with Gasteiger partial charge in [0.25, 0.3) is 11.8 Å². The predicted molar refractivity (Wildman–Crippen MR) is 134 cm³/mol. The number of hydrogen-bond acceptors (Lipinski definition) is 7. The summed E-state index contributed by atoms with van der Waals surface area (Å²) in [6, 6.07) is 0. The summed E-state index contributed by atoms with van der Waals surface area (Å²) in [5, 5.41) is 2.97. The molecule has 1 saturated heterocycles. The highest BCUT2D eigenvalue weighted by atomic mass is 16.8. The van der Waals surface area contributed by atoms with Crippen molar-refractivity contribution in [3.05, 3.63) is 0 Å². The molecule has 0 aromatic carbocycles. The van der Waals surface area contributed by atoms with Crippen molar-refractivity contribution in [1.82, 2.24) is 10.4 Å². The third kappa shape index (κ3) is 7.64. The number of ether oxygens (including phenoxy) is 2. The molecule has 0 aromatic heterocycles. The van der Waals surface area contributed by atoms with Gasteiger partial charge in [0, 0.05) is 45.6 Å². The Morgan fingerprint density at radius 3 is 1.59 bits per heavy atom. The molecular formula is C28H38N2O7. The third-order valence-electron chi connectivity index (χ3n) is 7.85. The first-order valence-corrected chi connectivity index (χ1v) is 13.0. The molecule has 3 amide bonds. The first-order valence-electron chi connectivity index (χ1n) is 13.0. The Morgan fingerprint density at radius 1 is 0.784 bits per heavy atom. The molecule has 0 bridgehead atoms. The van der Waals surface area contributed by atoms with Gasteiger partial charge in [-0.15, -0.1) is 23.7 Å². The van der Waals surface area contributed by atoms with E-state index in [-0.39, 0.29) is 33.0 Å². The van der Waals surface area contributed by atoms with Crippen molar-refractivity contribution >= 4 is 24.1 Å². The van der Waals surface area contributed by atoms with Gasteiger partial charge in [-0.1, -0.05) is 12.5 Å². The summed E-state index contributed by atoms with van der Waals surface area (Å²) in [5.74, 6) is 15.2. The number of fused-ring (bicyclic) bond motifs is 2. The number of carbonyl (C=O) groups is 4. The van der Waals surface area contributed by atoms with Crippen molar-refractivity contribution < 1.29 is 33.5 Å². The first kappa shape index (κ1) is 28.4. The zero-order chi connectivity index (χ0) is 25.5. The molecule has 1 heterocycles. The average molecular weight is 515 g/mol. The Kier molecular flexibility index (Phi) is 10.3. The third-order valence-corrected chi connectivity index (χ3v) is 7.85. The highest BCUT2D eigenvalue weighted by Crippen LogP contribution is 2.53. The number of amides is 3. The van der Waals surface area contributed by atoms with Gasteiger partial charge in [0.1, 0.15) is 0 Å². The highest BCUT2D eigenvalue weighted by molar-refractivity contribution is 6.01. The lowest BCUT2D eigenvalue weighted by Gasteiger charge is -2.12. The lowest BCUT2D eigenvalue weighted by atomic mass is 10.1. The molecular weight excluding hydrogens is 476 g/mol. The SMILES string of the molecule is C.CNC(=O)OCC1[C@H]2CCC#CCC[C@@H]12.O=C(OCC1[C@H]2CCC#CCC[C@@H]12)ON1C(=O)CCC1=O. The summed E-state index contributed by atoms with van der Waals surface area (Å²) in [4.78, 5) is 49.8. The number of rotatable bonds is 5. The largest absolute Gasteiger partial charge is 0.533 e. The van der Waals surface area contributed by atoms with E-state index in [1.807, 2.05) is 0 Å². The summed E-state index contributed by atoms with van der Waals surface area (Å²) in [6.07, 6.45) is 7.15. The Bertz CT molecular complexity index is 936. The van der Waals surface area contributed by atoms with E-state index in [2.05, 4.69) is 33.8 Å². The van der Waals surface area contributed by atoms with Gasteiger partial charge in [0.15, 0.2) is 0 Å². The normalized spacial score (nSPS) is 30.6. The minimum absolute atomic E-state index is 0. The molecule has 1 N–H and O–H groups in total. The molecule has 4 aliphatic carbocycles. The minimum atomic E-state index is -0.978. The fourth-order valence-corrected chi connectivity index (χ4v) is 5.73. The Balaban J connectivity index is 0.000000211. The average Bonchev–Trinajstić information content (AvgIpc) is 3.66. The molecule has 1 aliphatic heterocycles. The summed E-state index contributed by atoms with van der Waals surface area (Å²) in [6.45, 7) is 0.861. The van der Waals surface area contributed by atoms with Crippen LogP contribution in [0.2, 0.25) is 0 Å². The topological polar surface area (TPSA) is 111 Å². The van der Waals surface area contributed by atoms with Gasteiger partial charge in [-0.3, -0.25) is 14.4 Å². The van der Waals surface area contributed by atoms with Crippen LogP contribution >= 0.6 is 0 Å². The summed E-state index contributed by atoms with van der Waals surface area (Å²) in [5.41, 5.74) is 0. The number of nitrogens with one attached hydrogen (secondary N) is 1.